The summed E-state index contributed by atoms with van der Waals surface area (Å²) in [7, 11) is 7.11. The lowest BCUT2D eigenvalue weighted by Gasteiger charge is -2.19. The van der Waals surface area contributed by atoms with Gasteiger partial charge in [-0.05, 0) is 43.3 Å². The fourth-order valence-corrected chi connectivity index (χ4v) is 2.46. The normalized spacial score (nSPS) is 11.5. The maximum absolute atomic E-state index is 12.6. The maximum Gasteiger partial charge on any atom is 0.251 e. The molecule has 0 radical (unpaired) electrons. The number of ether oxygens (including phenoxy) is 2. The van der Waals surface area contributed by atoms with Crippen LogP contribution in [0.3, 0.4) is 0 Å². The first-order valence-corrected chi connectivity index (χ1v) is 7.76. The lowest BCUT2D eigenvalue weighted by Crippen LogP contribution is -2.27. The highest BCUT2D eigenvalue weighted by molar-refractivity contribution is 5.95. The highest BCUT2D eigenvalue weighted by Crippen LogP contribution is 2.29. The first kappa shape index (κ1) is 17.7. The monoisotopic (exact) mass is 328 g/mol. The number of amides is 1. The number of rotatable bonds is 6. The van der Waals surface area contributed by atoms with E-state index < -0.39 is 0 Å². The Morgan fingerprint density at radius 2 is 1.83 bits per heavy atom. The van der Waals surface area contributed by atoms with E-state index in [9.17, 15) is 4.79 Å². The average molecular weight is 328 g/mol. The number of carbonyl (C=O) groups excluding carboxylic acids is 1. The fourth-order valence-electron chi connectivity index (χ4n) is 2.46. The number of nitrogens with one attached hydrogen (secondary N) is 1. The van der Waals surface area contributed by atoms with Gasteiger partial charge in [0.2, 0.25) is 0 Å². The molecule has 5 heteroatoms. The lowest BCUT2D eigenvalue weighted by molar-refractivity contribution is 0.0939. The summed E-state index contributed by atoms with van der Waals surface area (Å²) >= 11 is 0. The second kappa shape index (κ2) is 7.73. The van der Waals surface area contributed by atoms with Gasteiger partial charge in [-0.25, -0.2) is 0 Å². The van der Waals surface area contributed by atoms with Crippen LogP contribution in [0.25, 0.3) is 0 Å². The molecule has 2 rings (SSSR count). The molecule has 1 unspecified atom stereocenters. The third kappa shape index (κ3) is 3.98. The molecule has 1 atom stereocenters. The SMILES string of the molecule is COc1ccc(OC)c(C(C)NC(=O)c2cccc(N(C)C)c2)c1. The van der Waals surface area contributed by atoms with Crippen molar-refractivity contribution in [3.05, 3.63) is 53.6 Å². The van der Waals surface area contributed by atoms with Gasteiger partial charge in [-0.1, -0.05) is 6.07 Å². The van der Waals surface area contributed by atoms with Gasteiger partial charge in [0.25, 0.3) is 5.91 Å². The minimum atomic E-state index is -0.217. The second-order valence-corrected chi connectivity index (χ2v) is 5.75. The van der Waals surface area contributed by atoms with E-state index in [2.05, 4.69) is 5.32 Å². The molecular weight excluding hydrogens is 304 g/mol. The van der Waals surface area contributed by atoms with Gasteiger partial charge in [0, 0.05) is 30.9 Å². The molecule has 5 nitrogen and oxygen atoms in total. The average Bonchev–Trinajstić information content (AvgIpc) is 2.61. The van der Waals surface area contributed by atoms with E-state index in [0.717, 1.165) is 17.0 Å². The Morgan fingerprint density at radius 1 is 1.08 bits per heavy atom. The van der Waals surface area contributed by atoms with E-state index >= 15 is 0 Å². The summed E-state index contributed by atoms with van der Waals surface area (Å²) in [4.78, 5) is 14.5. The van der Waals surface area contributed by atoms with Crippen molar-refractivity contribution in [2.45, 2.75) is 13.0 Å². The van der Waals surface area contributed by atoms with Gasteiger partial charge >= 0.3 is 0 Å². The highest BCUT2D eigenvalue weighted by Gasteiger charge is 2.16. The van der Waals surface area contributed by atoms with Gasteiger partial charge in [-0.15, -0.1) is 0 Å². The Kier molecular flexibility index (Phi) is 5.68. The summed E-state index contributed by atoms with van der Waals surface area (Å²) in [6, 6.07) is 12.8. The van der Waals surface area contributed by atoms with E-state index in [1.54, 1.807) is 20.3 Å². The van der Waals surface area contributed by atoms with Crippen LogP contribution < -0.4 is 19.7 Å². The van der Waals surface area contributed by atoms with Crippen LogP contribution in [0.4, 0.5) is 5.69 Å². The zero-order valence-corrected chi connectivity index (χ0v) is 14.8. The van der Waals surface area contributed by atoms with Crippen molar-refractivity contribution >= 4 is 11.6 Å². The predicted molar refractivity (Wildman–Crippen MR) is 96.2 cm³/mol. The summed E-state index contributed by atoms with van der Waals surface area (Å²) in [5.74, 6) is 1.31. The molecule has 2 aromatic rings. The number of carbonyl (C=O) groups is 1. The molecule has 128 valence electrons. The largest absolute Gasteiger partial charge is 0.497 e. The quantitative estimate of drug-likeness (QED) is 0.884. The van der Waals surface area contributed by atoms with Crippen LogP contribution in [-0.2, 0) is 0 Å². The fraction of sp³-hybridized carbons (Fsp3) is 0.316. The van der Waals surface area contributed by atoms with Crippen LogP contribution in [0.1, 0.15) is 28.9 Å². The van der Waals surface area contributed by atoms with Gasteiger partial charge in [-0.2, -0.15) is 0 Å². The zero-order valence-electron chi connectivity index (χ0n) is 14.8. The summed E-state index contributed by atoms with van der Waals surface area (Å²) in [5, 5.41) is 3.01. The van der Waals surface area contributed by atoms with Crippen LogP contribution >= 0.6 is 0 Å². The van der Waals surface area contributed by atoms with Gasteiger partial charge in [0.15, 0.2) is 0 Å². The Bertz CT molecular complexity index is 714. The molecule has 0 saturated heterocycles. The number of benzene rings is 2. The van der Waals surface area contributed by atoms with E-state index in [0.29, 0.717) is 11.3 Å². The molecule has 0 aliphatic carbocycles. The van der Waals surface area contributed by atoms with Crippen molar-refractivity contribution in [2.24, 2.45) is 0 Å². The Morgan fingerprint density at radius 3 is 2.46 bits per heavy atom. The molecule has 0 heterocycles. The molecule has 0 aliphatic rings. The molecule has 2 aromatic carbocycles. The second-order valence-electron chi connectivity index (χ2n) is 5.75. The summed E-state index contributed by atoms with van der Waals surface area (Å²) in [5.41, 5.74) is 2.47. The highest BCUT2D eigenvalue weighted by atomic mass is 16.5. The van der Waals surface area contributed by atoms with Gasteiger partial charge in [0.1, 0.15) is 11.5 Å². The number of methoxy groups -OCH3 is 2. The molecule has 0 saturated carbocycles. The topological polar surface area (TPSA) is 50.8 Å². The van der Waals surface area contributed by atoms with Crippen LogP contribution in [0.15, 0.2) is 42.5 Å². The van der Waals surface area contributed by atoms with Gasteiger partial charge in [-0.3, -0.25) is 4.79 Å². The van der Waals surface area contributed by atoms with E-state index in [1.165, 1.54) is 0 Å². The first-order chi connectivity index (χ1) is 11.5. The molecule has 0 aromatic heterocycles. The van der Waals surface area contributed by atoms with Crippen molar-refractivity contribution in [3.8, 4) is 11.5 Å². The van der Waals surface area contributed by atoms with Crippen LogP contribution in [0.5, 0.6) is 11.5 Å². The molecular formula is C19H24N2O3. The van der Waals surface area contributed by atoms with Crippen molar-refractivity contribution in [1.29, 1.82) is 0 Å². The molecule has 0 bridgehead atoms. The number of anilines is 1. The smallest absolute Gasteiger partial charge is 0.251 e. The molecule has 0 aliphatic heterocycles. The van der Waals surface area contributed by atoms with Crippen LogP contribution in [0, 0.1) is 0 Å². The minimum Gasteiger partial charge on any atom is -0.497 e. The van der Waals surface area contributed by atoms with Crippen LogP contribution in [0.2, 0.25) is 0 Å². The third-order valence-electron chi connectivity index (χ3n) is 3.88. The zero-order chi connectivity index (χ0) is 17.7. The van der Waals surface area contributed by atoms with Crippen LogP contribution in [-0.4, -0.2) is 34.2 Å². The van der Waals surface area contributed by atoms with E-state index in [1.807, 2.05) is 62.3 Å². The third-order valence-corrected chi connectivity index (χ3v) is 3.88. The first-order valence-electron chi connectivity index (χ1n) is 7.76. The van der Waals surface area contributed by atoms with Crippen molar-refractivity contribution in [1.82, 2.24) is 5.32 Å². The predicted octanol–water partition coefficient (Wildman–Crippen LogP) is 3.26. The summed E-state index contributed by atoms with van der Waals surface area (Å²) in [6.45, 7) is 1.92. The Labute approximate surface area is 143 Å². The lowest BCUT2D eigenvalue weighted by atomic mass is 10.1. The number of nitrogens with zero attached hydrogens (tertiary/aromatic N) is 1. The van der Waals surface area contributed by atoms with Gasteiger partial charge in [0.05, 0.1) is 20.3 Å². The van der Waals surface area contributed by atoms with Crippen molar-refractivity contribution in [2.75, 3.05) is 33.2 Å². The van der Waals surface area contributed by atoms with Crippen molar-refractivity contribution < 1.29 is 14.3 Å². The number of hydrogen-bond acceptors (Lipinski definition) is 4. The minimum absolute atomic E-state index is 0.129. The molecule has 1 amide bonds. The van der Waals surface area contributed by atoms with Gasteiger partial charge < -0.3 is 19.7 Å². The van der Waals surface area contributed by atoms with E-state index in [-0.39, 0.29) is 11.9 Å². The maximum atomic E-state index is 12.6. The molecule has 24 heavy (non-hydrogen) atoms. The molecule has 0 spiro atoms. The molecule has 0 fully saturated rings. The van der Waals surface area contributed by atoms with E-state index in [4.69, 9.17) is 9.47 Å². The van der Waals surface area contributed by atoms with Crippen molar-refractivity contribution in [3.63, 3.8) is 0 Å². The Balaban J connectivity index is 2.21. The number of hydrogen-bond donors (Lipinski definition) is 1. The Hall–Kier alpha value is -2.69. The summed E-state index contributed by atoms with van der Waals surface area (Å²) < 4.78 is 10.7. The summed E-state index contributed by atoms with van der Waals surface area (Å²) in [6.07, 6.45) is 0. The molecule has 1 N–H and O–H groups in total. The standard InChI is InChI=1S/C19H24N2O3/c1-13(17-12-16(23-4)9-10-18(17)24-5)20-19(22)14-7-6-8-15(11-14)21(2)3/h6-13H,1-5H3,(H,20,22).